The number of benzene rings is 1. The SMILES string of the molecule is NC(=O)c1cnc(Cl)cc1NC1CCc2ccc(F)cc21. The first-order valence-corrected chi connectivity index (χ1v) is 6.92. The summed E-state index contributed by atoms with van der Waals surface area (Å²) in [6.45, 7) is 0. The van der Waals surface area contributed by atoms with Gasteiger partial charge in [0.1, 0.15) is 11.0 Å². The zero-order chi connectivity index (χ0) is 15.0. The summed E-state index contributed by atoms with van der Waals surface area (Å²) in [5.41, 5.74) is 8.13. The van der Waals surface area contributed by atoms with Gasteiger partial charge in [0, 0.05) is 6.20 Å². The summed E-state index contributed by atoms with van der Waals surface area (Å²) in [6.07, 6.45) is 3.02. The lowest BCUT2D eigenvalue weighted by Gasteiger charge is -2.17. The van der Waals surface area contributed by atoms with Gasteiger partial charge in [-0.25, -0.2) is 9.37 Å². The summed E-state index contributed by atoms with van der Waals surface area (Å²) in [7, 11) is 0. The van der Waals surface area contributed by atoms with Crippen LogP contribution in [-0.4, -0.2) is 10.9 Å². The highest BCUT2D eigenvalue weighted by Crippen LogP contribution is 2.35. The van der Waals surface area contributed by atoms with E-state index in [2.05, 4.69) is 10.3 Å². The molecule has 1 amide bonds. The molecule has 0 saturated carbocycles. The lowest BCUT2D eigenvalue weighted by Crippen LogP contribution is -2.16. The number of halogens is 2. The molecule has 3 rings (SSSR count). The van der Waals surface area contributed by atoms with Gasteiger partial charge in [-0.15, -0.1) is 0 Å². The third-order valence-electron chi connectivity index (χ3n) is 3.65. The lowest BCUT2D eigenvalue weighted by atomic mass is 10.1. The summed E-state index contributed by atoms with van der Waals surface area (Å²) in [4.78, 5) is 15.3. The molecule has 6 heteroatoms. The first-order valence-electron chi connectivity index (χ1n) is 6.55. The molecule has 0 spiro atoms. The molecule has 0 bridgehead atoms. The van der Waals surface area contributed by atoms with Gasteiger partial charge in [0.05, 0.1) is 17.3 Å². The molecule has 0 fully saturated rings. The van der Waals surface area contributed by atoms with Crippen LogP contribution in [0, 0.1) is 5.82 Å². The Morgan fingerprint density at radius 2 is 2.24 bits per heavy atom. The van der Waals surface area contributed by atoms with Crippen molar-refractivity contribution in [2.24, 2.45) is 5.73 Å². The van der Waals surface area contributed by atoms with Crippen molar-refractivity contribution in [3.8, 4) is 0 Å². The molecule has 2 aromatic rings. The molecule has 108 valence electrons. The van der Waals surface area contributed by atoms with E-state index in [1.165, 1.54) is 18.3 Å². The van der Waals surface area contributed by atoms with Crippen LogP contribution in [0.1, 0.15) is 33.9 Å². The van der Waals surface area contributed by atoms with Crippen molar-refractivity contribution < 1.29 is 9.18 Å². The van der Waals surface area contributed by atoms with Gasteiger partial charge in [0.2, 0.25) is 0 Å². The number of anilines is 1. The van der Waals surface area contributed by atoms with Crippen molar-refractivity contribution in [2.75, 3.05) is 5.32 Å². The number of primary amides is 1. The average Bonchev–Trinajstić information content (AvgIpc) is 2.81. The van der Waals surface area contributed by atoms with Crippen LogP contribution in [0.2, 0.25) is 5.15 Å². The molecule has 1 aliphatic rings. The Morgan fingerprint density at radius 3 is 3.00 bits per heavy atom. The van der Waals surface area contributed by atoms with Crippen LogP contribution in [0.25, 0.3) is 0 Å². The molecule has 21 heavy (non-hydrogen) atoms. The van der Waals surface area contributed by atoms with Crippen molar-refractivity contribution in [3.05, 3.63) is 58.1 Å². The molecule has 1 heterocycles. The van der Waals surface area contributed by atoms with E-state index < -0.39 is 5.91 Å². The normalized spacial score (nSPS) is 16.6. The van der Waals surface area contributed by atoms with E-state index in [0.29, 0.717) is 5.69 Å². The van der Waals surface area contributed by atoms with Gasteiger partial charge in [-0.1, -0.05) is 17.7 Å². The van der Waals surface area contributed by atoms with E-state index >= 15 is 0 Å². The van der Waals surface area contributed by atoms with Crippen molar-refractivity contribution >= 4 is 23.2 Å². The molecule has 1 aromatic carbocycles. The molecule has 1 unspecified atom stereocenters. The maximum Gasteiger partial charge on any atom is 0.252 e. The first-order chi connectivity index (χ1) is 10.0. The molecule has 1 aromatic heterocycles. The first kappa shape index (κ1) is 13.8. The van der Waals surface area contributed by atoms with Gasteiger partial charge < -0.3 is 11.1 Å². The molecule has 0 aliphatic heterocycles. The number of pyridine rings is 1. The fourth-order valence-corrected chi connectivity index (χ4v) is 2.81. The van der Waals surface area contributed by atoms with E-state index in [1.807, 2.05) is 0 Å². The molecular formula is C15H13ClFN3O. The van der Waals surface area contributed by atoms with E-state index in [4.69, 9.17) is 17.3 Å². The number of nitrogens with one attached hydrogen (secondary N) is 1. The summed E-state index contributed by atoms with van der Waals surface area (Å²) in [5, 5.41) is 3.49. The number of nitrogens with zero attached hydrogens (tertiary/aromatic N) is 1. The highest BCUT2D eigenvalue weighted by atomic mass is 35.5. The molecule has 0 radical (unpaired) electrons. The number of nitrogens with two attached hydrogens (primary N) is 1. The minimum Gasteiger partial charge on any atom is -0.377 e. The van der Waals surface area contributed by atoms with E-state index in [-0.39, 0.29) is 22.6 Å². The molecule has 0 saturated heterocycles. The Morgan fingerprint density at radius 1 is 1.43 bits per heavy atom. The zero-order valence-electron chi connectivity index (χ0n) is 11.1. The average molecular weight is 306 g/mol. The maximum absolute atomic E-state index is 13.4. The summed E-state index contributed by atoms with van der Waals surface area (Å²) in [5.74, 6) is -0.857. The molecule has 4 nitrogen and oxygen atoms in total. The van der Waals surface area contributed by atoms with Crippen LogP contribution >= 0.6 is 11.6 Å². The number of carbonyl (C=O) groups excluding carboxylic acids is 1. The van der Waals surface area contributed by atoms with Crippen LogP contribution in [0.4, 0.5) is 10.1 Å². The second-order valence-electron chi connectivity index (χ2n) is 5.00. The highest BCUT2D eigenvalue weighted by Gasteiger charge is 2.24. The minimum absolute atomic E-state index is 0.0766. The predicted molar refractivity (Wildman–Crippen MR) is 78.8 cm³/mol. The Balaban J connectivity index is 1.94. The molecule has 3 N–H and O–H groups in total. The summed E-state index contributed by atoms with van der Waals surface area (Å²) < 4.78 is 13.4. The van der Waals surface area contributed by atoms with Crippen LogP contribution in [0.3, 0.4) is 0 Å². The van der Waals surface area contributed by atoms with Crippen LogP contribution in [-0.2, 0) is 6.42 Å². The van der Waals surface area contributed by atoms with Crippen molar-refractivity contribution in [2.45, 2.75) is 18.9 Å². The van der Waals surface area contributed by atoms with Crippen molar-refractivity contribution in [1.82, 2.24) is 4.98 Å². The third kappa shape index (κ3) is 2.69. The second-order valence-corrected chi connectivity index (χ2v) is 5.38. The van der Waals surface area contributed by atoms with E-state index in [0.717, 1.165) is 24.0 Å². The third-order valence-corrected chi connectivity index (χ3v) is 3.86. The number of hydrogen-bond donors (Lipinski definition) is 2. The van der Waals surface area contributed by atoms with E-state index in [9.17, 15) is 9.18 Å². The fourth-order valence-electron chi connectivity index (χ4n) is 2.66. The Labute approximate surface area is 126 Å². The summed E-state index contributed by atoms with van der Waals surface area (Å²) >= 11 is 5.87. The quantitative estimate of drug-likeness (QED) is 0.856. The smallest absolute Gasteiger partial charge is 0.252 e. The maximum atomic E-state index is 13.4. The van der Waals surface area contributed by atoms with Gasteiger partial charge in [0.25, 0.3) is 5.91 Å². The van der Waals surface area contributed by atoms with Crippen LogP contribution in [0.5, 0.6) is 0 Å². The van der Waals surface area contributed by atoms with Gasteiger partial charge in [0.15, 0.2) is 0 Å². The standard InChI is InChI=1S/C15H13ClFN3O/c16-14-6-13(11(7-19-14)15(18)21)20-12-4-2-8-1-3-9(17)5-10(8)12/h1,3,5-7,12H,2,4H2,(H2,18,21)(H,19,20). The Kier molecular flexibility index (Phi) is 3.51. The molecule has 1 aliphatic carbocycles. The summed E-state index contributed by atoms with van der Waals surface area (Å²) in [6, 6.07) is 6.25. The number of aryl methyl sites for hydroxylation is 1. The monoisotopic (exact) mass is 305 g/mol. The van der Waals surface area contributed by atoms with Gasteiger partial charge in [-0.05, 0) is 42.2 Å². The van der Waals surface area contributed by atoms with Crippen molar-refractivity contribution in [1.29, 1.82) is 0 Å². The van der Waals surface area contributed by atoms with E-state index in [1.54, 1.807) is 12.1 Å². The zero-order valence-corrected chi connectivity index (χ0v) is 11.8. The van der Waals surface area contributed by atoms with Crippen molar-refractivity contribution in [3.63, 3.8) is 0 Å². The topological polar surface area (TPSA) is 68.0 Å². The van der Waals surface area contributed by atoms with Crippen LogP contribution < -0.4 is 11.1 Å². The number of carbonyl (C=O) groups is 1. The number of rotatable bonds is 3. The highest BCUT2D eigenvalue weighted by molar-refractivity contribution is 6.29. The van der Waals surface area contributed by atoms with Crippen LogP contribution in [0.15, 0.2) is 30.5 Å². The largest absolute Gasteiger partial charge is 0.377 e. The van der Waals surface area contributed by atoms with Gasteiger partial charge in [-0.3, -0.25) is 4.79 Å². The van der Waals surface area contributed by atoms with Gasteiger partial charge in [-0.2, -0.15) is 0 Å². The Hall–Kier alpha value is -2.14. The molecule has 1 atom stereocenters. The Bertz CT molecular complexity index is 720. The fraction of sp³-hybridized carbons (Fsp3) is 0.200. The minimum atomic E-state index is -0.584. The number of hydrogen-bond acceptors (Lipinski definition) is 3. The molecular weight excluding hydrogens is 293 g/mol. The predicted octanol–water partition coefficient (Wildman–Crippen LogP) is 3.07. The van der Waals surface area contributed by atoms with Gasteiger partial charge >= 0.3 is 0 Å². The lowest BCUT2D eigenvalue weighted by molar-refractivity contribution is 0.100. The second kappa shape index (κ2) is 5.33. The number of fused-ring (bicyclic) bond motifs is 1. The number of amides is 1. The number of aromatic nitrogens is 1.